The lowest BCUT2D eigenvalue weighted by atomic mass is 9.98. The van der Waals surface area contributed by atoms with Crippen LogP contribution in [0.25, 0.3) is 11.1 Å². The molecule has 3 aromatic rings. The van der Waals surface area contributed by atoms with Gasteiger partial charge in [-0.3, -0.25) is 14.9 Å². The van der Waals surface area contributed by atoms with Gasteiger partial charge in [-0.25, -0.2) is 18.6 Å². The number of anilines is 1. The van der Waals surface area contributed by atoms with Crippen LogP contribution in [0.1, 0.15) is 33.1 Å². The number of alkyl halides is 2. The topological polar surface area (TPSA) is 118 Å². The fourth-order valence-corrected chi connectivity index (χ4v) is 4.49. The number of hydrogen-bond donors (Lipinski definition) is 3. The summed E-state index contributed by atoms with van der Waals surface area (Å²) < 4.78 is 31.3. The summed E-state index contributed by atoms with van der Waals surface area (Å²) >= 11 is 0.750. The van der Waals surface area contributed by atoms with Crippen LogP contribution in [-0.2, 0) is 9.53 Å². The Labute approximate surface area is 196 Å². The van der Waals surface area contributed by atoms with E-state index < -0.39 is 36.9 Å². The number of rotatable bonds is 8. The summed E-state index contributed by atoms with van der Waals surface area (Å²) in [6.07, 6.45) is -3.65. The number of carbonyl (C=O) groups excluding carboxylic acids is 2. The molecule has 176 valence electrons. The van der Waals surface area contributed by atoms with E-state index in [-0.39, 0.29) is 22.5 Å². The maximum atomic E-state index is 12.9. The van der Waals surface area contributed by atoms with Crippen molar-refractivity contribution in [1.29, 1.82) is 0 Å². The first kappa shape index (κ1) is 23.3. The molecule has 0 radical (unpaired) electrons. The number of carboxylic acid groups (broad SMARTS) is 1. The Hall–Kier alpha value is -3.86. The molecule has 2 aromatic carbocycles. The number of fused-ring (bicyclic) bond motifs is 3. The van der Waals surface area contributed by atoms with E-state index in [1.807, 2.05) is 53.8 Å². The highest BCUT2D eigenvalue weighted by atomic mass is 32.1. The lowest BCUT2D eigenvalue weighted by Gasteiger charge is -2.15. The quantitative estimate of drug-likeness (QED) is 0.435. The molecular weight excluding hydrogens is 468 g/mol. The molecule has 1 aliphatic carbocycles. The van der Waals surface area contributed by atoms with Crippen molar-refractivity contribution in [3.63, 3.8) is 0 Å². The highest BCUT2D eigenvalue weighted by molar-refractivity contribution is 7.17. The van der Waals surface area contributed by atoms with Crippen LogP contribution in [0, 0.1) is 0 Å². The van der Waals surface area contributed by atoms with E-state index in [1.54, 1.807) is 0 Å². The number of ether oxygens (including phenoxy) is 1. The number of carboxylic acids is 1. The van der Waals surface area contributed by atoms with E-state index in [9.17, 15) is 23.2 Å². The van der Waals surface area contributed by atoms with Crippen molar-refractivity contribution >= 4 is 34.4 Å². The van der Waals surface area contributed by atoms with Crippen molar-refractivity contribution in [3.8, 4) is 11.1 Å². The number of amides is 2. The van der Waals surface area contributed by atoms with Crippen LogP contribution in [0.15, 0.2) is 54.7 Å². The van der Waals surface area contributed by atoms with Crippen molar-refractivity contribution in [2.75, 3.05) is 11.9 Å². The molecule has 0 saturated heterocycles. The number of benzene rings is 2. The molecule has 1 heterocycles. The molecule has 1 aliphatic rings. The average Bonchev–Trinajstić information content (AvgIpc) is 3.39. The van der Waals surface area contributed by atoms with Gasteiger partial charge >= 0.3 is 12.1 Å². The van der Waals surface area contributed by atoms with Gasteiger partial charge in [-0.05, 0) is 22.3 Å². The number of aromatic nitrogens is 1. The van der Waals surface area contributed by atoms with Gasteiger partial charge in [0.2, 0.25) is 0 Å². The minimum absolute atomic E-state index is 0.0363. The predicted molar refractivity (Wildman–Crippen MR) is 120 cm³/mol. The second-order valence-corrected chi connectivity index (χ2v) is 8.52. The maximum Gasteiger partial charge on any atom is 0.413 e. The first-order chi connectivity index (χ1) is 16.3. The highest BCUT2D eigenvalue weighted by Gasteiger charge is 2.29. The van der Waals surface area contributed by atoms with E-state index in [1.165, 1.54) is 0 Å². The molecule has 0 aliphatic heterocycles. The van der Waals surface area contributed by atoms with E-state index in [4.69, 9.17) is 9.84 Å². The van der Waals surface area contributed by atoms with Crippen molar-refractivity contribution < 1.29 is 33.0 Å². The number of aliphatic carboxylic acids is 1. The normalized spacial score (nSPS) is 13.1. The Morgan fingerprint density at radius 2 is 1.68 bits per heavy atom. The van der Waals surface area contributed by atoms with Gasteiger partial charge in [-0.15, -0.1) is 0 Å². The molecule has 0 saturated carbocycles. The Balaban J connectivity index is 1.36. The van der Waals surface area contributed by atoms with Crippen LogP contribution in [0.5, 0.6) is 0 Å². The Morgan fingerprint density at radius 1 is 1.06 bits per heavy atom. The van der Waals surface area contributed by atoms with Crippen molar-refractivity contribution in [1.82, 2.24) is 10.3 Å². The summed E-state index contributed by atoms with van der Waals surface area (Å²) in [5.74, 6) is -2.51. The average molecular weight is 487 g/mol. The Morgan fingerprint density at radius 3 is 2.26 bits per heavy atom. The number of halogens is 2. The zero-order chi connectivity index (χ0) is 24.2. The number of thiazole rings is 1. The van der Waals surface area contributed by atoms with Crippen LogP contribution < -0.4 is 10.6 Å². The molecule has 0 fully saturated rings. The van der Waals surface area contributed by atoms with Gasteiger partial charge in [-0.2, -0.15) is 0 Å². The van der Waals surface area contributed by atoms with Crippen LogP contribution in [0.3, 0.4) is 0 Å². The highest BCUT2D eigenvalue weighted by Crippen LogP contribution is 2.44. The van der Waals surface area contributed by atoms with Crippen LogP contribution >= 0.6 is 11.3 Å². The third kappa shape index (κ3) is 5.04. The first-order valence-electron chi connectivity index (χ1n) is 10.2. The molecule has 1 unspecified atom stereocenters. The van der Waals surface area contributed by atoms with Crippen LogP contribution in [-0.4, -0.2) is 47.1 Å². The van der Waals surface area contributed by atoms with E-state index in [0.717, 1.165) is 39.8 Å². The van der Waals surface area contributed by atoms with Crippen molar-refractivity contribution in [2.45, 2.75) is 24.8 Å². The summed E-state index contributed by atoms with van der Waals surface area (Å²) in [5.41, 5.74) is 4.29. The second kappa shape index (κ2) is 9.96. The van der Waals surface area contributed by atoms with Gasteiger partial charge in [0.05, 0.1) is 12.6 Å². The molecular formula is C23H19F2N3O5S. The second-order valence-electron chi connectivity index (χ2n) is 7.49. The van der Waals surface area contributed by atoms with E-state index >= 15 is 0 Å². The largest absolute Gasteiger partial charge is 0.481 e. The molecule has 11 heteroatoms. The minimum atomic E-state index is -3.05. The van der Waals surface area contributed by atoms with Gasteiger partial charge in [0.25, 0.3) is 12.3 Å². The SMILES string of the molecule is O=C(O)CC(NC(=O)c1cnc(NC(=O)OCC2c3ccccc3-c3ccccc32)s1)C(F)F. The standard InChI is InChI=1S/C23H19F2N3O5S/c24-20(25)17(9-19(29)30)27-21(31)18-10-26-22(34-18)28-23(32)33-11-16-14-7-3-1-5-12(14)13-6-2-4-8-15(13)16/h1-8,10,16-17,20H,9,11H2,(H,27,31)(H,29,30)(H,26,28,32). The molecule has 34 heavy (non-hydrogen) atoms. The fraction of sp³-hybridized carbons (Fsp3) is 0.217. The van der Waals surface area contributed by atoms with Crippen LogP contribution in [0.2, 0.25) is 0 Å². The number of carbonyl (C=O) groups is 3. The Kier molecular flexibility index (Phi) is 6.82. The van der Waals surface area contributed by atoms with E-state index in [2.05, 4.69) is 10.3 Å². The zero-order valence-corrected chi connectivity index (χ0v) is 18.4. The third-order valence-electron chi connectivity index (χ3n) is 5.30. The molecule has 4 rings (SSSR count). The van der Waals surface area contributed by atoms with E-state index in [0.29, 0.717) is 0 Å². The molecule has 0 bridgehead atoms. The summed E-state index contributed by atoms with van der Waals surface area (Å²) in [4.78, 5) is 39.0. The van der Waals surface area contributed by atoms with Gasteiger partial charge in [0, 0.05) is 5.92 Å². The van der Waals surface area contributed by atoms with Gasteiger partial charge in [0.15, 0.2) is 5.13 Å². The van der Waals surface area contributed by atoms with Crippen molar-refractivity contribution in [2.24, 2.45) is 0 Å². The maximum absolute atomic E-state index is 12.9. The fourth-order valence-electron chi connectivity index (χ4n) is 3.79. The lowest BCUT2D eigenvalue weighted by molar-refractivity contribution is -0.138. The molecule has 1 aromatic heterocycles. The van der Waals surface area contributed by atoms with Gasteiger partial charge in [-0.1, -0.05) is 59.9 Å². The summed E-state index contributed by atoms with van der Waals surface area (Å²) in [6, 6.07) is 13.9. The number of nitrogens with one attached hydrogen (secondary N) is 2. The minimum Gasteiger partial charge on any atom is -0.481 e. The van der Waals surface area contributed by atoms with Gasteiger partial charge < -0.3 is 15.2 Å². The summed E-state index contributed by atoms with van der Waals surface area (Å²) in [7, 11) is 0. The smallest absolute Gasteiger partial charge is 0.413 e. The summed E-state index contributed by atoms with van der Waals surface area (Å²) in [6.45, 7) is 0.0871. The lowest BCUT2D eigenvalue weighted by Crippen LogP contribution is -2.41. The Bertz CT molecular complexity index is 1190. The molecule has 1 atom stereocenters. The monoisotopic (exact) mass is 487 g/mol. The third-order valence-corrected chi connectivity index (χ3v) is 6.21. The number of hydrogen-bond acceptors (Lipinski definition) is 6. The van der Waals surface area contributed by atoms with Gasteiger partial charge in [0.1, 0.15) is 17.5 Å². The molecule has 3 N–H and O–H groups in total. The van der Waals surface area contributed by atoms with Crippen LogP contribution in [0.4, 0.5) is 18.7 Å². The zero-order valence-electron chi connectivity index (χ0n) is 17.5. The van der Waals surface area contributed by atoms with Crippen molar-refractivity contribution in [3.05, 3.63) is 70.7 Å². The first-order valence-corrected chi connectivity index (χ1v) is 11.0. The molecule has 8 nitrogen and oxygen atoms in total. The molecule has 0 spiro atoms. The predicted octanol–water partition coefficient (Wildman–Crippen LogP) is 4.34. The molecule has 2 amide bonds. The summed E-state index contributed by atoms with van der Waals surface area (Å²) in [5, 5.41) is 13.1. The number of nitrogens with zero attached hydrogens (tertiary/aromatic N) is 1.